The van der Waals surface area contributed by atoms with Crippen molar-refractivity contribution >= 4 is 11.6 Å². The van der Waals surface area contributed by atoms with Gasteiger partial charge in [0.2, 0.25) is 5.91 Å². The van der Waals surface area contributed by atoms with Crippen LogP contribution in [-0.2, 0) is 11.8 Å². The molecule has 7 heteroatoms. The Labute approximate surface area is 90.3 Å². The Morgan fingerprint density at radius 1 is 1.56 bits per heavy atom. The average Bonchev–Trinajstić information content (AvgIpc) is 2.74. The van der Waals surface area contributed by atoms with E-state index in [1.165, 1.54) is 0 Å². The molecular weight excluding hydrogens is 218 g/mol. The molecule has 0 N–H and O–H groups in total. The largest absolute Gasteiger partial charge is 0.275 e. The van der Waals surface area contributed by atoms with E-state index in [0.29, 0.717) is 11.4 Å². The van der Waals surface area contributed by atoms with Crippen LogP contribution in [0.15, 0.2) is 17.4 Å². The molecule has 16 heavy (non-hydrogen) atoms. The highest BCUT2D eigenvalue weighted by molar-refractivity contribution is 6.12. The Morgan fingerprint density at radius 3 is 2.88 bits per heavy atom. The molecule has 0 unspecified atom stereocenters. The number of hydrogen-bond acceptors (Lipinski definition) is 3. The second kappa shape index (κ2) is 3.99. The van der Waals surface area contributed by atoms with E-state index < -0.39 is 18.9 Å². The van der Waals surface area contributed by atoms with Crippen LogP contribution >= 0.6 is 0 Å². The van der Waals surface area contributed by atoms with Gasteiger partial charge in [-0.2, -0.15) is 10.2 Å². The van der Waals surface area contributed by atoms with Crippen LogP contribution in [0.1, 0.15) is 12.1 Å². The summed E-state index contributed by atoms with van der Waals surface area (Å²) < 4.78 is 25.8. The van der Waals surface area contributed by atoms with Crippen molar-refractivity contribution in [3.63, 3.8) is 0 Å². The van der Waals surface area contributed by atoms with E-state index in [1.54, 1.807) is 24.0 Å². The summed E-state index contributed by atoms with van der Waals surface area (Å²) in [5.41, 5.74) is 0.985. The summed E-state index contributed by atoms with van der Waals surface area (Å²) in [4.78, 5) is 11.3. The van der Waals surface area contributed by atoms with Gasteiger partial charge in [-0.3, -0.25) is 9.48 Å². The van der Waals surface area contributed by atoms with Crippen LogP contribution in [0.25, 0.3) is 0 Å². The Kier molecular flexibility index (Phi) is 2.67. The van der Waals surface area contributed by atoms with Crippen molar-refractivity contribution in [2.24, 2.45) is 12.1 Å². The van der Waals surface area contributed by atoms with Gasteiger partial charge in [0.05, 0.1) is 12.1 Å². The predicted octanol–water partition coefficient (Wildman–Crippen LogP) is 0.622. The number of hydrogen-bond donors (Lipinski definition) is 0. The molecule has 1 aromatic heterocycles. The van der Waals surface area contributed by atoms with Crippen LogP contribution < -0.4 is 0 Å². The summed E-state index contributed by atoms with van der Waals surface area (Å²) in [6.07, 6.45) is -0.835. The SMILES string of the molecule is Cn1ccc(C2=NN(CC(F)F)C(=O)C2)n1. The minimum atomic E-state index is -2.57. The lowest BCUT2D eigenvalue weighted by molar-refractivity contribution is -0.130. The maximum absolute atomic E-state index is 12.1. The first-order valence-corrected chi connectivity index (χ1v) is 4.72. The van der Waals surface area contributed by atoms with E-state index in [-0.39, 0.29) is 6.42 Å². The quantitative estimate of drug-likeness (QED) is 0.761. The first kappa shape index (κ1) is 10.7. The number of carbonyl (C=O) groups excluding carboxylic acids is 1. The standard InChI is InChI=1S/C9H10F2N4O/c1-14-3-2-6(12-14)7-4-9(16)15(13-7)5-8(10)11/h2-3,8H,4-5H2,1H3. The summed E-state index contributed by atoms with van der Waals surface area (Å²) >= 11 is 0. The van der Waals surface area contributed by atoms with E-state index >= 15 is 0 Å². The maximum Gasteiger partial charge on any atom is 0.258 e. The van der Waals surface area contributed by atoms with Gasteiger partial charge < -0.3 is 0 Å². The number of aromatic nitrogens is 2. The van der Waals surface area contributed by atoms with Crippen LogP contribution in [0.3, 0.4) is 0 Å². The normalized spacial score (nSPS) is 16.1. The Hall–Kier alpha value is -1.79. The topological polar surface area (TPSA) is 50.5 Å². The fraction of sp³-hybridized carbons (Fsp3) is 0.444. The molecule has 2 heterocycles. The molecule has 1 amide bonds. The lowest BCUT2D eigenvalue weighted by Crippen LogP contribution is -2.26. The molecule has 0 saturated carbocycles. The molecule has 0 spiro atoms. The minimum absolute atomic E-state index is 0.0315. The average molecular weight is 228 g/mol. The smallest absolute Gasteiger partial charge is 0.258 e. The van der Waals surface area contributed by atoms with Crippen LogP contribution in [0.2, 0.25) is 0 Å². The van der Waals surface area contributed by atoms with Crippen LogP contribution in [-0.4, -0.2) is 39.4 Å². The number of aryl methyl sites for hydroxylation is 1. The first-order valence-electron chi connectivity index (χ1n) is 4.72. The molecule has 86 valence electrons. The van der Waals surface area contributed by atoms with Gasteiger partial charge >= 0.3 is 0 Å². The van der Waals surface area contributed by atoms with Crippen molar-refractivity contribution in [3.05, 3.63) is 18.0 Å². The Bertz CT molecular complexity index is 440. The summed E-state index contributed by atoms with van der Waals surface area (Å²) in [5.74, 6) is -0.416. The number of halogens is 2. The van der Waals surface area contributed by atoms with Gasteiger partial charge in [0.25, 0.3) is 6.43 Å². The third-order valence-electron chi connectivity index (χ3n) is 2.17. The minimum Gasteiger partial charge on any atom is -0.275 e. The third-order valence-corrected chi connectivity index (χ3v) is 2.17. The molecule has 0 radical (unpaired) electrons. The number of rotatable bonds is 3. The highest BCUT2D eigenvalue weighted by Crippen LogP contribution is 2.14. The molecule has 0 bridgehead atoms. The molecule has 0 saturated heterocycles. The van der Waals surface area contributed by atoms with Crippen LogP contribution in [0, 0.1) is 0 Å². The molecule has 5 nitrogen and oxygen atoms in total. The molecular formula is C9H10F2N4O. The van der Waals surface area contributed by atoms with E-state index in [1.807, 2.05) is 0 Å². The fourth-order valence-corrected chi connectivity index (χ4v) is 1.46. The zero-order valence-electron chi connectivity index (χ0n) is 8.60. The number of amides is 1. The number of nitrogens with zero attached hydrogens (tertiary/aromatic N) is 4. The predicted molar refractivity (Wildman–Crippen MR) is 52.1 cm³/mol. The van der Waals surface area contributed by atoms with Gasteiger partial charge in [-0.1, -0.05) is 0 Å². The second-order valence-corrected chi connectivity index (χ2v) is 3.47. The molecule has 1 aliphatic heterocycles. The highest BCUT2D eigenvalue weighted by atomic mass is 19.3. The molecule has 0 fully saturated rings. The zero-order chi connectivity index (χ0) is 11.7. The van der Waals surface area contributed by atoms with Gasteiger partial charge in [0.15, 0.2) is 0 Å². The highest BCUT2D eigenvalue weighted by Gasteiger charge is 2.27. The van der Waals surface area contributed by atoms with Crippen molar-refractivity contribution in [1.29, 1.82) is 0 Å². The number of hydrazone groups is 1. The molecule has 1 aromatic rings. The van der Waals surface area contributed by atoms with Gasteiger partial charge in [-0.25, -0.2) is 13.8 Å². The monoisotopic (exact) mass is 228 g/mol. The van der Waals surface area contributed by atoms with Gasteiger partial charge in [-0.15, -0.1) is 0 Å². The molecule has 0 aromatic carbocycles. The molecule has 2 rings (SSSR count). The fourth-order valence-electron chi connectivity index (χ4n) is 1.46. The Morgan fingerprint density at radius 2 is 2.31 bits per heavy atom. The second-order valence-electron chi connectivity index (χ2n) is 3.47. The lowest BCUT2D eigenvalue weighted by Gasteiger charge is -2.09. The number of alkyl halides is 2. The first-order chi connectivity index (χ1) is 7.56. The van der Waals surface area contributed by atoms with Crippen molar-refractivity contribution in [2.75, 3.05) is 6.54 Å². The lowest BCUT2D eigenvalue weighted by atomic mass is 10.2. The van der Waals surface area contributed by atoms with Gasteiger partial charge in [0.1, 0.15) is 12.2 Å². The van der Waals surface area contributed by atoms with E-state index in [4.69, 9.17) is 0 Å². The summed E-state index contributed by atoms with van der Waals surface area (Å²) in [6.45, 7) is -0.658. The Balaban J connectivity index is 2.16. The molecule has 0 aliphatic carbocycles. The van der Waals surface area contributed by atoms with Crippen molar-refractivity contribution in [1.82, 2.24) is 14.8 Å². The van der Waals surface area contributed by atoms with E-state index in [0.717, 1.165) is 5.01 Å². The van der Waals surface area contributed by atoms with Gasteiger partial charge in [0, 0.05) is 13.2 Å². The van der Waals surface area contributed by atoms with Crippen molar-refractivity contribution in [2.45, 2.75) is 12.8 Å². The summed E-state index contributed by atoms with van der Waals surface area (Å²) in [7, 11) is 1.73. The molecule has 1 aliphatic rings. The maximum atomic E-state index is 12.1. The zero-order valence-corrected chi connectivity index (χ0v) is 8.60. The number of carbonyl (C=O) groups is 1. The van der Waals surface area contributed by atoms with Crippen molar-refractivity contribution < 1.29 is 13.6 Å². The summed E-state index contributed by atoms with van der Waals surface area (Å²) in [5, 5.41) is 8.70. The van der Waals surface area contributed by atoms with E-state index in [2.05, 4.69) is 10.2 Å². The summed E-state index contributed by atoms with van der Waals surface area (Å²) in [6, 6.07) is 1.69. The molecule has 0 atom stereocenters. The van der Waals surface area contributed by atoms with Crippen LogP contribution in [0.5, 0.6) is 0 Å². The van der Waals surface area contributed by atoms with Crippen molar-refractivity contribution in [3.8, 4) is 0 Å². The third kappa shape index (κ3) is 2.07. The van der Waals surface area contributed by atoms with Gasteiger partial charge in [-0.05, 0) is 6.07 Å². The van der Waals surface area contributed by atoms with Crippen LogP contribution in [0.4, 0.5) is 8.78 Å². The van der Waals surface area contributed by atoms with E-state index in [9.17, 15) is 13.6 Å².